The van der Waals surface area contributed by atoms with Gasteiger partial charge in [-0.05, 0) is 0 Å². The van der Waals surface area contributed by atoms with E-state index in [1.807, 2.05) is 0 Å². The Morgan fingerprint density at radius 1 is 0.737 bits per heavy atom. The Labute approximate surface area is 117 Å². The van der Waals surface area contributed by atoms with Crippen molar-refractivity contribution in [2.24, 2.45) is 0 Å². The summed E-state index contributed by atoms with van der Waals surface area (Å²) < 4.78 is 76.4. The van der Waals surface area contributed by atoms with Crippen LogP contribution in [-0.4, -0.2) is 12.4 Å². The van der Waals surface area contributed by atoms with Gasteiger partial charge in [0.25, 0.3) is 0 Å². The van der Waals surface area contributed by atoms with Gasteiger partial charge in [0.05, 0.1) is 0 Å². The summed E-state index contributed by atoms with van der Waals surface area (Å²) >= 11 is -2.01. The molecule has 2 aliphatic carbocycles. The molecule has 0 saturated heterocycles. The zero-order chi connectivity index (χ0) is 14.3. The maximum atomic E-state index is 12.7. The van der Waals surface area contributed by atoms with E-state index in [4.69, 9.17) is 0 Å². The van der Waals surface area contributed by atoms with E-state index in [9.17, 15) is 26.3 Å². The first-order valence-corrected chi connectivity index (χ1v) is 7.86. The van der Waals surface area contributed by atoms with E-state index < -0.39 is 46.7 Å². The van der Waals surface area contributed by atoms with Gasteiger partial charge >= 0.3 is 117 Å². The summed E-state index contributed by atoms with van der Waals surface area (Å²) in [5.41, 5.74) is -1.47. The zero-order valence-corrected chi connectivity index (χ0v) is 11.9. The summed E-state index contributed by atoms with van der Waals surface area (Å²) in [7, 11) is 0. The summed E-state index contributed by atoms with van der Waals surface area (Å²) in [5, 5.41) is 0. The van der Waals surface area contributed by atoms with Crippen LogP contribution in [-0.2, 0) is 23.2 Å². The van der Waals surface area contributed by atoms with Gasteiger partial charge in [-0.25, -0.2) is 0 Å². The molecule has 19 heavy (non-hydrogen) atoms. The molecule has 0 atom stereocenters. The quantitative estimate of drug-likeness (QED) is 0.633. The molecule has 0 heterocycles. The minimum absolute atomic E-state index is 0.135. The van der Waals surface area contributed by atoms with Crippen molar-refractivity contribution in [3.63, 3.8) is 0 Å². The summed E-state index contributed by atoms with van der Waals surface area (Å²) in [6.07, 6.45) is -3.96. The molecule has 0 unspecified atom stereocenters. The van der Waals surface area contributed by atoms with E-state index in [-0.39, 0.29) is 19.4 Å². The predicted molar refractivity (Wildman–Crippen MR) is 53.7 cm³/mol. The third kappa shape index (κ3) is 3.30. The van der Waals surface area contributed by atoms with Crippen LogP contribution in [0, 0.1) is 0 Å². The molecule has 0 nitrogen and oxygen atoms in total. The van der Waals surface area contributed by atoms with Crippen LogP contribution in [0.25, 0.3) is 0 Å². The first kappa shape index (κ1) is 14.8. The van der Waals surface area contributed by atoms with Crippen LogP contribution in [0.3, 0.4) is 0 Å². The van der Waals surface area contributed by atoms with Crippen LogP contribution in [0.5, 0.6) is 0 Å². The van der Waals surface area contributed by atoms with Crippen molar-refractivity contribution in [2.75, 3.05) is 0 Å². The van der Waals surface area contributed by atoms with Crippen molar-refractivity contribution in [3.8, 4) is 0 Å². The topological polar surface area (TPSA) is 0 Å². The Kier molecular flexibility index (Phi) is 3.96. The first-order valence-electron chi connectivity index (χ1n) is 5.40. The molecule has 0 saturated carbocycles. The molecule has 0 spiro atoms. The second kappa shape index (κ2) is 5.08. The van der Waals surface area contributed by atoms with Gasteiger partial charge < -0.3 is 0 Å². The standard InChI is InChI=1S/2C6H4F3.Zr/c2*7-6(8,9)5-3-1-2-4-5;/h2*1,3H,2H2;. The van der Waals surface area contributed by atoms with Gasteiger partial charge in [-0.15, -0.1) is 0 Å². The molecule has 0 aliphatic heterocycles. The van der Waals surface area contributed by atoms with E-state index >= 15 is 0 Å². The molecule has 0 radical (unpaired) electrons. The normalized spacial score (nSPS) is 19.9. The fraction of sp³-hybridized carbons (Fsp3) is 0.333. The Balaban J connectivity index is 2.28. The van der Waals surface area contributed by atoms with Crippen LogP contribution >= 0.6 is 0 Å². The van der Waals surface area contributed by atoms with Gasteiger partial charge in [-0.2, -0.15) is 0 Å². The van der Waals surface area contributed by atoms with Crippen LogP contribution in [0.4, 0.5) is 26.3 Å². The Bertz CT molecular complexity index is 455. The SMILES string of the molecule is FC(F)(F)C1=[C]([Zr][C]2=C(C(F)(F)F)C=CC2)CC=C1. The summed E-state index contributed by atoms with van der Waals surface area (Å²) in [5.74, 6) is 0. The van der Waals surface area contributed by atoms with Crippen molar-refractivity contribution >= 4 is 0 Å². The van der Waals surface area contributed by atoms with Crippen LogP contribution in [0.15, 0.2) is 42.0 Å². The van der Waals surface area contributed by atoms with E-state index in [2.05, 4.69) is 0 Å². The molecule has 7 heteroatoms. The van der Waals surface area contributed by atoms with Gasteiger partial charge in [0, 0.05) is 0 Å². The molecule has 0 bridgehead atoms. The van der Waals surface area contributed by atoms with E-state index in [1.165, 1.54) is 12.2 Å². The second-order valence-electron chi connectivity index (χ2n) is 4.12. The van der Waals surface area contributed by atoms with Gasteiger partial charge in [0.2, 0.25) is 0 Å². The number of hydrogen-bond acceptors (Lipinski definition) is 0. The Morgan fingerprint density at radius 2 is 1.11 bits per heavy atom. The van der Waals surface area contributed by atoms with Gasteiger partial charge in [-0.1, -0.05) is 0 Å². The average Bonchev–Trinajstić information content (AvgIpc) is 2.83. The van der Waals surface area contributed by atoms with Crippen molar-refractivity contribution in [1.82, 2.24) is 0 Å². The molecule has 0 aromatic rings. The predicted octanol–water partition coefficient (Wildman–Crippen LogP) is 4.62. The Hall–Kier alpha value is -0.577. The number of allylic oxidation sites excluding steroid dienone is 8. The van der Waals surface area contributed by atoms with Crippen LogP contribution in [0.2, 0.25) is 0 Å². The average molecular weight is 357 g/mol. The summed E-state index contributed by atoms with van der Waals surface area (Å²) in [4.78, 5) is 0. The van der Waals surface area contributed by atoms with Crippen molar-refractivity contribution in [3.05, 3.63) is 42.0 Å². The molecule has 102 valence electrons. The van der Waals surface area contributed by atoms with Crippen molar-refractivity contribution in [1.29, 1.82) is 0 Å². The van der Waals surface area contributed by atoms with Gasteiger partial charge in [0.1, 0.15) is 0 Å². The van der Waals surface area contributed by atoms with E-state index in [1.54, 1.807) is 0 Å². The third-order valence-electron chi connectivity index (χ3n) is 2.78. The van der Waals surface area contributed by atoms with Gasteiger partial charge in [0.15, 0.2) is 0 Å². The summed E-state index contributed by atoms with van der Waals surface area (Å²) in [6.45, 7) is 0. The van der Waals surface area contributed by atoms with Gasteiger partial charge in [-0.3, -0.25) is 0 Å². The summed E-state index contributed by atoms with van der Waals surface area (Å²) in [6, 6.07) is 0. The van der Waals surface area contributed by atoms with E-state index in [0.29, 0.717) is 0 Å². The van der Waals surface area contributed by atoms with Crippen LogP contribution in [0.1, 0.15) is 12.8 Å². The number of halogens is 6. The number of rotatable bonds is 2. The molecule has 0 N–H and O–H groups in total. The van der Waals surface area contributed by atoms with Crippen molar-refractivity contribution < 1.29 is 49.6 Å². The molecular formula is C12H8F6Zr. The molecule has 2 aliphatic rings. The first-order chi connectivity index (χ1) is 8.69. The number of alkyl halides is 6. The Morgan fingerprint density at radius 3 is 1.42 bits per heavy atom. The van der Waals surface area contributed by atoms with Crippen molar-refractivity contribution in [2.45, 2.75) is 25.2 Å². The fourth-order valence-corrected chi connectivity index (χ4v) is 5.71. The zero-order valence-electron chi connectivity index (χ0n) is 9.49. The molecule has 0 fully saturated rings. The maximum absolute atomic E-state index is 12.7. The second-order valence-corrected chi connectivity index (χ2v) is 7.70. The molecule has 2 rings (SSSR count). The fourth-order valence-electron chi connectivity index (χ4n) is 1.96. The monoisotopic (exact) mass is 356 g/mol. The molecule has 0 aromatic carbocycles. The van der Waals surface area contributed by atoms with Crippen LogP contribution < -0.4 is 0 Å². The molecule has 0 amide bonds. The van der Waals surface area contributed by atoms with E-state index in [0.717, 1.165) is 12.2 Å². The number of hydrogen-bond donors (Lipinski definition) is 0. The third-order valence-corrected chi connectivity index (χ3v) is 6.59. The molecule has 0 aromatic heterocycles. The molecular weight excluding hydrogens is 349 g/mol. The minimum atomic E-state index is -4.46.